The Labute approximate surface area is 245 Å². The van der Waals surface area contributed by atoms with Gasteiger partial charge in [0.05, 0.1) is 0 Å². The number of hydrogen-bond acceptors (Lipinski definition) is 6. The van der Waals surface area contributed by atoms with Crippen molar-refractivity contribution in [2.24, 2.45) is 0 Å². The van der Waals surface area contributed by atoms with E-state index < -0.39 is 0 Å². The zero-order chi connectivity index (χ0) is 29.1. The second-order valence-corrected chi connectivity index (χ2v) is 11.1. The van der Waals surface area contributed by atoms with E-state index in [2.05, 4.69) is 53.3 Å². The molecular weight excluding hydrogens is 532 g/mol. The number of pyridine rings is 2. The van der Waals surface area contributed by atoms with Gasteiger partial charge in [-0.3, -0.25) is 14.3 Å². The van der Waals surface area contributed by atoms with Gasteiger partial charge < -0.3 is 10.2 Å². The monoisotopic (exact) mass is 566 g/mol. The maximum atomic E-state index is 13.7. The summed E-state index contributed by atoms with van der Waals surface area (Å²) in [5, 5.41) is 4.56. The van der Waals surface area contributed by atoms with E-state index in [1.54, 1.807) is 17.0 Å². The molecule has 3 heterocycles. The fourth-order valence-electron chi connectivity index (χ4n) is 5.04. The summed E-state index contributed by atoms with van der Waals surface area (Å²) in [6, 6.07) is 19.9. The minimum absolute atomic E-state index is 0.145. The summed E-state index contributed by atoms with van der Waals surface area (Å²) in [7, 11) is 4.19. The normalized spacial score (nSPS) is 12.2. The highest BCUT2D eigenvalue weighted by Gasteiger charge is 2.16. The first kappa shape index (κ1) is 28.5. The van der Waals surface area contributed by atoms with Crippen LogP contribution in [0.5, 0.6) is 0 Å². The number of nitrogens with one attached hydrogen (secondary N) is 1. The van der Waals surface area contributed by atoms with Crippen molar-refractivity contribution in [3.05, 3.63) is 99.7 Å². The van der Waals surface area contributed by atoms with Crippen LogP contribution in [-0.4, -0.2) is 45.1 Å². The third kappa shape index (κ3) is 6.16. The highest BCUT2D eigenvalue weighted by Crippen LogP contribution is 2.33. The quantitative estimate of drug-likeness (QED) is 0.202. The van der Waals surface area contributed by atoms with E-state index >= 15 is 0 Å². The van der Waals surface area contributed by atoms with E-state index in [9.17, 15) is 4.79 Å². The van der Waals surface area contributed by atoms with Crippen LogP contribution in [-0.2, 0) is 6.54 Å². The Kier molecular flexibility index (Phi) is 8.47. The number of nitrogens with zero attached hydrogens (tertiary/aromatic N) is 5. The molecule has 5 aromatic rings. The Morgan fingerprint density at radius 2 is 1.78 bits per heavy atom. The Hall–Kier alpha value is -4.07. The lowest BCUT2D eigenvalue weighted by molar-refractivity contribution is 0.386. The Bertz CT molecular complexity index is 1750. The average molecular weight is 567 g/mol. The van der Waals surface area contributed by atoms with Crippen molar-refractivity contribution >= 4 is 34.3 Å². The van der Waals surface area contributed by atoms with E-state index in [-0.39, 0.29) is 5.56 Å². The van der Waals surface area contributed by atoms with Crippen LogP contribution >= 0.6 is 11.6 Å². The molecule has 0 amide bonds. The van der Waals surface area contributed by atoms with Crippen molar-refractivity contribution in [3.63, 3.8) is 0 Å². The fourth-order valence-corrected chi connectivity index (χ4v) is 5.32. The molecule has 0 spiro atoms. The van der Waals surface area contributed by atoms with Crippen molar-refractivity contribution in [3.8, 4) is 22.3 Å². The van der Waals surface area contributed by atoms with Crippen molar-refractivity contribution in [2.75, 3.05) is 26.0 Å². The Morgan fingerprint density at radius 1 is 1.00 bits per heavy atom. The molecule has 5 rings (SSSR count). The molecule has 0 bridgehead atoms. The van der Waals surface area contributed by atoms with Crippen LogP contribution < -0.4 is 10.9 Å². The van der Waals surface area contributed by atoms with Crippen molar-refractivity contribution in [1.29, 1.82) is 0 Å². The van der Waals surface area contributed by atoms with Crippen LogP contribution in [0.1, 0.15) is 37.4 Å². The Balaban J connectivity index is 1.43. The van der Waals surface area contributed by atoms with Gasteiger partial charge in [0, 0.05) is 57.4 Å². The first-order valence-corrected chi connectivity index (χ1v) is 14.3. The minimum Gasteiger partial charge on any atom is -0.324 e. The minimum atomic E-state index is -0.145. The number of aromatic nitrogens is 4. The summed E-state index contributed by atoms with van der Waals surface area (Å²) in [6.07, 6.45) is 4.62. The van der Waals surface area contributed by atoms with E-state index in [4.69, 9.17) is 16.6 Å². The first-order valence-electron chi connectivity index (χ1n) is 13.9. The molecule has 1 unspecified atom stereocenters. The molecule has 0 saturated carbocycles. The zero-order valence-corrected chi connectivity index (χ0v) is 24.9. The highest BCUT2D eigenvalue weighted by atomic mass is 35.5. The number of hydrogen-bond donors (Lipinski definition) is 1. The average Bonchev–Trinajstić information content (AvgIpc) is 2.96. The number of fused-ring (bicyclic) bond motifs is 1. The van der Waals surface area contributed by atoms with Gasteiger partial charge in [0.2, 0.25) is 5.95 Å². The lowest BCUT2D eigenvalue weighted by atomic mass is 9.97. The predicted molar refractivity (Wildman–Crippen MR) is 169 cm³/mol. The second-order valence-electron chi connectivity index (χ2n) is 10.7. The largest absolute Gasteiger partial charge is 0.324 e. The summed E-state index contributed by atoms with van der Waals surface area (Å²) in [4.78, 5) is 29.5. The first-order chi connectivity index (χ1) is 19.7. The number of anilines is 2. The molecule has 0 aliphatic rings. The van der Waals surface area contributed by atoms with Crippen LogP contribution in [0.3, 0.4) is 0 Å². The molecule has 0 radical (unpaired) electrons. The van der Waals surface area contributed by atoms with Crippen LogP contribution in [0, 0.1) is 6.92 Å². The van der Waals surface area contributed by atoms with Crippen molar-refractivity contribution in [1.82, 2.24) is 24.4 Å². The smallest absolute Gasteiger partial charge is 0.260 e. The van der Waals surface area contributed by atoms with Gasteiger partial charge in [0.15, 0.2) is 0 Å². The van der Waals surface area contributed by atoms with Gasteiger partial charge in [-0.2, -0.15) is 4.98 Å². The van der Waals surface area contributed by atoms with Gasteiger partial charge in [0.25, 0.3) is 5.56 Å². The van der Waals surface area contributed by atoms with Crippen LogP contribution in [0.2, 0.25) is 5.02 Å². The summed E-state index contributed by atoms with van der Waals surface area (Å²) >= 11 is 6.75. The maximum Gasteiger partial charge on any atom is 0.260 e. The number of rotatable bonds is 9. The maximum absolute atomic E-state index is 13.7. The van der Waals surface area contributed by atoms with E-state index in [1.165, 1.54) is 5.56 Å². The van der Waals surface area contributed by atoms with E-state index in [1.807, 2.05) is 62.4 Å². The molecule has 0 aliphatic heterocycles. The van der Waals surface area contributed by atoms with Gasteiger partial charge in [0.1, 0.15) is 5.65 Å². The van der Waals surface area contributed by atoms with Gasteiger partial charge in [-0.05, 0) is 88.3 Å². The molecule has 41 heavy (non-hydrogen) atoms. The zero-order valence-electron chi connectivity index (χ0n) is 24.1. The second kappa shape index (κ2) is 12.2. The van der Waals surface area contributed by atoms with Crippen LogP contribution in [0.15, 0.2) is 77.9 Å². The van der Waals surface area contributed by atoms with Gasteiger partial charge in [-0.1, -0.05) is 48.9 Å². The van der Waals surface area contributed by atoms with Gasteiger partial charge in [-0.15, -0.1) is 0 Å². The molecule has 2 aromatic carbocycles. The molecule has 0 fully saturated rings. The summed E-state index contributed by atoms with van der Waals surface area (Å²) in [5.41, 5.74) is 6.69. The topological polar surface area (TPSA) is 75.9 Å². The van der Waals surface area contributed by atoms with Crippen LogP contribution in [0.4, 0.5) is 11.6 Å². The number of aryl methyl sites for hydroxylation is 2. The SMILES string of the molecule is CCn1c(=O)c(-c2ccc(-c3cccnc3C)cc2Cl)cc2cnc(Nc3ccc(C(C)CCN(C)C)cc3)nc21. The molecule has 1 atom stereocenters. The molecule has 1 N–H and O–H groups in total. The molecule has 210 valence electrons. The van der Waals surface area contributed by atoms with Crippen molar-refractivity contribution < 1.29 is 0 Å². The summed E-state index contributed by atoms with van der Waals surface area (Å²) in [6.45, 7) is 7.66. The molecule has 0 aliphatic carbocycles. The number of halogens is 1. The lowest BCUT2D eigenvalue weighted by Gasteiger charge is -2.16. The van der Waals surface area contributed by atoms with Crippen molar-refractivity contribution in [2.45, 2.75) is 39.7 Å². The molecule has 0 saturated heterocycles. The van der Waals surface area contributed by atoms with Gasteiger partial charge >= 0.3 is 0 Å². The highest BCUT2D eigenvalue weighted by molar-refractivity contribution is 6.33. The number of benzene rings is 2. The van der Waals surface area contributed by atoms with Gasteiger partial charge in [-0.25, -0.2) is 4.98 Å². The predicted octanol–water partition coefficient (Wildman–Crippen LogP) is 7.30. The van der Waals surface area contributed by atoms with Crippen LogP contribution in [0.25, 0.3) is 33.3 Å². The summed E-state index contributed by atoms with van der Waals surface area (Å²) in [5.74, 6) is 0.912. The standard InChI is InChI=1S/C33H35ClN6O/c1-6-40-31-25(20-36-33(38-31)37-26-12-9-23(10-13-26)21(2)15-17-39(4)5)18-29(32(40)41)28-14-11-24(19-30(28)34)27-8-7-16-35-22(27)3/h7-14,16,18-21H,6,15,17H2,1-5H3,(H,36,37,38). The fraction of sp³-hybridized carbons (Fsp3) is 0.273. The lowest BCUT2D eigenvalue weighted by Crippen LogP contribution is -2.22. The summed E-state index contributed by atoms with van der Waals surface area (Å²) < 4.78 is 1.67. The molecular formula is C33H35ClN6O. The third-order valence-corrected chi connectivity index (χ3v) is 7.78. The van der Waals surface area contributed by atoms with E-state index in [0.29, 0.717) is 40.2 Å². The molecule has 3 aromatic heterocycles. The molecule has 7 nitrogen and oxygen atoms in total. The third-order valence-electron chi connectivity index (χ3n) is 7.47. The van der Waals surface area contributed by atoms with E-state index in [0.717, 1.165) is 40.9 Å². The Morgan fingerprint density at radius 3 is 2.46 bits per heavy atom. The molecule has 8 heteroatoms.